The molecule has 0 fully saturated rings. The number of benzene rings is 1. The van der Waals surface area contributed by atoms with Gasteiger partial charge in [0, 0.05) is 12.4 Å². The van der Waals surface area contributed by atoms with Gasteiger partial charge >= 0.3 is 0 Å². The van der Waals surface area contributed by atoms with Gasteiger partial charge in [-0.15, -0.1) is 0 Å². The van der Waals surface area contributed by atoms with Gasteiger partial charge in [-0.25, -0.2) is 0 Å². The first-order chi connectivity index (χ1) is 9.84. The molecule has 0 aliphatic rings. The van der Waals surface area contributed by atoms with E-state index in [4.69, 9.17) is 0 Å². The van der Waals surface area contributed by atoms with E-state index in [9.17, 15) is 20.1 Å². The maximum Gasteiger partial charge on any atom is 0.263 e. The van der Waals surface area contributed by atoms with Gasteiger partial charge in [0.15, 0.2) is 6.23 Å². The molecule has 0 saturated heterocycles. The summed E-state index contributed by atoms with van der Waals surface area (Å²) in [6, 6.07) is 6.97. The van der Waals surface area contributed by atoms with Crippen molar-refractivity contribution in [3.8, 4) is 5.75 Å². The SMILES string of the molecule is C/C(=N\C(O)C(C)O)c1c(O)c2ccccc2n(C)c1=O. The lowest BCUT2D eigenvalue weighted by atomic mass is 10.1. The van der Waals surface area contributed by atoms with Gasteiger partial charge in [-0.1, -0.05) is 12.1 Å². The molecule has 112 valence electrons. The Hall–Kier alpha value is -2.18. The predicted octanol–water partition coefficient (Wildman–Crippen LogP) is 0.752. The molecule has 0 aliphatic carbocycles. The van der Waals surface area contributed by atoms with Crippen LogP contribution in [-0.4, -0.2) is 37.9 Å². The van der Waals surface area contributed by atoms with Crippen molar-refractivity contribution < 1.29 is 15.3 Å². The van der Waals surface area contributed by atoms with Gasteiger partial charge in [0.1, 0.15) is 11.3 Å². The van der Waals surface area contributed by atoms with Gasteiger partial charge in [-0.3, -0.25) is 9.79 Å². The Balaban J connectivity index is 2.73. The van der Waals surface area contributed by atoms with Crippen LogP contribution in [0.2, 0.25) is 0 Å². The van der Waals surface area contributed by atoms with E-state index in [1.165, 1.54) is 18.4 Å². The highest BCUT2D eigenvalue weighted by Crippen LogP contribution is 2.26. The van der Waals surface area contributed by atoms with Crippen LogP contribution in [0.5, 0.6) is 5.75 Å². The van der Waals surface area contributed by atoms with Gasteiger partial charge in [0.2, 0.25) is 0 Å². The zero-order valence-corrected chi connectivity index (χ0v) is 12.1. The molecule has 0 radical (unpaired) electrons. The highest BCUT2D eigenvalue weighted by Gasteiger charge is 2.18. The van der Waals surface area contributed by atoms with Crippen molar-refractivity contribution in [3.63, 3.8) is 0 Å². The third-order valence-corrected chi connectivity index (χ3v) is 3.40. The average molecular weight is 290 g/mol. The first-order valence-electron chi connectivity index (χ1n) is 6.56. The maximum absolute atomic E-state index is 12.4. The maximum atomic E-state index is 12.4. The number of aliphatic imine (C=N–C) groups is 1. The molecule has 1 aromatic heterocycles. The Bertz CT molecular complexity index is 762. The van der Waals surface area contributed by atoms with E-state index >= 15 is 0 Å². The second kappa shape index (κ2) is 5.67. The lowest BCUT2D eigenvalue weighted by Gasteiger charge is -2.13. The Morgan fingerprint density at radius 1 is 1.29 bits per heavy atom. The summed E-state index contributed by atoms with van der Waals surface area (Å²) in [5.41, 5.74) is 0.390. The Kier molecular flexibility index (Phi) is 4.11. The van der Waals surface area contributed by atoms with Gasteiger partial charge in [-0.05, 0) is 26.0 Å². The minimum Gasteiger partial charge on any atom is -0.506 e. The van der Waals surface area contributed by atoms with E-state index in [1.54, 1.807) is 31.3 Å². The predicted molar refractivity (Wildman–Crippen MR) is 80.8 cm³/mol. The summed E-state index contributed by atoms with van der Waals surface area (Å²) in [6.45, 7) is 2.90. The molecule has 0 saturated carbocycles. The van der Waals surface area contributed by atoms with Gasteiger partial charge < -0.3 is 19.9 Å². The number of fused-ring (bicyclic) bond motifs is 1. The number of nitrogens with zero attached hydrogens (tertiary/aromatic N) is 2. The summed E-state index contributed by atoms with van der Waals surface area (Å²) < 4.78 is 1.41. The normalized spacial score (nSPS) is 15.2. The number of para-hydroxylation sites is 1. The largest absolute Gasteiger partial charge is 0.506 e. The summed E-state index contributed by atoms with van der Waals surface area (Å²) >= 11 is 0. The van der Waals surface area contributed by atoms with Crippen LogP contribution < -0.4 is 5.56 Å². The number of aryl methyl sites for hydroxylation is 1. The number of hydrogen-bond acceptors (Lipinski definition) is 5. The minimum absolute atomic E-state index is 0.0240. The Morgan fingerprint density at radius 2 is 1.90 bits per heavy atom. The molecule has 1 heterocycles. The van der Waals surface area contributed by atoms with Crippen molar-refractivity contribution in [1.82, 2.24) is 4.57 Å². The fraction of sp³-hybridized carbons (Fsp3) is 0.333. The van der Waals surface area contributed by atoms with E-state index in [-0.39, 0.29) is 17.0 Å². The van der Waals surface area contributed by atoms with Crippen molar-refractivity contribution in [2.45, 2.75) is 26.2 Å². The van der Waals surface area contributed by atoms with Crippen LogP contribution in [0.25, 0.3) is 10.9 Å². The molecule has 2 aromatic rings. The summed E-state index contributed by atoms with van der Waals surface area (Å²) in [5, 5.41) is 29.7. The molecule has 1 aromatic carbocycles. The van der Waals surface area contributed by atoms with Crippen molar-refractivity contribution in [1.29, 1.82) is 0 Å². The van der Waals surface area contributed by atoms with E-state index in [0.717, 1.165) is 0 Å². The number of aromatic hydroxyl groups is 1. The molecule has 6 heteroatoms. The topological polar surface area (TPSA) is 95.1 Å². The van der Waals surface area contributed by atoms with Crippen LogP contribution in [0.4, 0.5) is 0 Å². The quantitative estimate of drug-likeness (QED) is 0.727. The van der Waals surface area contributed by atoms with Crippen molar-refractivity contribution in [2.75, 3.05) is 0 Å². The summed E-state index contributed by atoms with van der Waals surface area (Å²) in [6.07, 6.45) is -2.41. The number of aliphatic hydroxyl groups is 2. The van der Waals surface area contributed by atoms with Gasteiger partial charge in [-0.2, -0.15) is 0 Å². The third kappa shape index (κ3) is 2.68. The van der Waals surface area contributed by atoms with Crippen molar-refractivity contribution in [2.24, 2.45) is 12.0 Å². The van der Waals surface area contributed by atoms with Crippen LogP contribution in [0, 0.1) is 0 Å². The number of hydrogen-bond donors (Lipinski definition) is 3. The molecule has 0 amide bonds. The highest BCUT2D eigenvalue weighted by atomic mass is 16.3. The van der Waals surface area contributed by atoms with Crippen LogP contribution in [0.15, 0.2) is 34.1 Å². The number of aliphatic hydroxyl groups excluding tert-OH is 2. The van der Waals surface area contributed by atoms with E-state index in [1.807, 2.05) is 0 Å². The first kappa shape index (κ1) is 15.2. The molecule has 2 unspecified atom stereocenters. The third-order valence-electron chi connectivity index (χ3n) is 3.40. The molecule has 0 aliphatic heterocycles. The van der Waals surface area contributed by atoms with Crippen LogP contribution in [0.3, 0.4) is 0 Å². The Morgan fingerprint density at radius 3 is 2.52 bits per heavy atom. The second-order valence-corrected chi connectivity index (χ2v) is 4.97. The first-order valence-corrected chi connectivity index (χ1v) is 6.56. The van der Waals surface area contributed by atoms with Crippen LogP contribution in [0.1, 0.15) is 19.4 Å². The minimum atomic E-state index is -1.35. The fourth-order valence-corrected chi connectivity index (χ4v) is 2.18. The molecule has 6 nitrogen and oxygen atoms in total. The number of pyridine rings is 1. The van der Waals surface area contributed by atoms with E-state index < -0.39 is 17.9 Å². The lowest BCUT2D eigenvalue weighted by Crippen LogP contribution is -2.27. The summed E-state index contributed by atoms with van der Waals surface area (Å²) in [7, 11) is 1.60. The zero-order valence-electron chi connectivity index (χ0n) is 12.1. The number of aromatic nitrogens is 1. The summed E-state index contributed by atoms with van der Waals surface area (Å²) in [5.74, 6) is -0.173. The van der Waals surface area contributed by atoms with Gasteiger partial charge in [0.25, 0.3) is 5.56 Å². The van der Waals surface area contributed by atoms with Crippen LogP contribution in [-0.2, 0) is 7.05 Å². The van der Waals surface area contributed by atoms with Crippen molar-refractivity contribution >= 4 is 16.6 Å². The van der Waals surface area contributed by atoms with Gasteiger partial charge in [0.05, 0.1) is 17.3 Å². The molecule has 21 heavy (non-hydrogen) atoms. The Labute approximate surface area is 121 Å². The second-order valence-electron chi connectivity index (χ2n) is 4.97. The monoisotopic (exact) mass is 290 g/mol. The molecule has 2 rings (SSSR count). The van der Waals surface area contributed by atoms with Crippen LogP contribution >= 0.6 is 0 Å². The zero-order chi connectivity index (χ0) is 15.7. The standard InChI is InChI=1S/C15H18N2O4/c1-8(16-14(20)9(2)18)12-13(19)10-6-4-5-7-11(10)17(3)15(12)21/h4-7,9,14,18-20H,1-3H3/b16-8+. The molecule has 0 spiro atoms. The molecule has 0 bridgehead atoms. The molecule has 2 atom stereocenters. The van der Waals surface area contributed by atoms with Crippen molar-refractivity contribution in [3.05, 3.63) is 40.2 Å². The average Bonchev–Trinajstić information content (AvgIpc) is 2.45. The lowest BCUT2D eigenvalue weighted by molar-refractivity contribution is 0.0376. The van der Waals surface area contributed by atoms with E-state index in [2.05, 4.69) is 4.99 Å². The molecular formula is C15H18N2O4. The smallest absolute Gasteiger partial charge is 0.263 e. The summed E-state index contributed by atoms with van der Waals surface area (Å²) in [4.78, 5) is 16.2. The van der Waals surface area contributed by atoms with E-state index in [0.29, 0.717) is 10.9 Å². The highest BCUT2D eigenvalue weighted by molar-refractivity contribution is 6.05. The number of rotatable bonds is 3. The fourth-order valence-electron chi connectivity index (χ4n) is 2.18. The molecular weight excluding hydrogens is 272 g/mol. The molecule has 3 N–H and O–H groups in total.